The van der Waals surface area contributed by atoms with E-state index >= 15 is 0 Å². The fraction of sp³-hybridized carbons (Fsp3) is 0.0556. The number of amides is 1. The van der Waals surface area contributed by atoms with E-state index in [4.69, 9.17) is 0 Å². The van der Waals surface area contributed by atoms with E-state index in [-0.39, 0.29) is 5.91 Å². The number of aromatic nitrogens is 4. The second-order valence-electron chi connectivity index (χ2n) is 5.47. The average Bonchev–Trinajstić information content (AvgIpc) is 3.23. The van der Waals surface area contributed by atoms with Crippen molar-refractivity contribution < 1.29 is 4.79 Å². The lowest BCUT2D eigenvalue weighted by Crippen LogP contribution is -2.12. The monoisotopic (exact) mass is 317 g/mol. The van der Waals surface area contributed by atoms with Gasteiger partial charge in [0.25, 0.3) is 5.91 Å². The number of rotatable bonds is 3. The van der Waals surface area contributed by atoms with Gasteiger partial charge in [0.2, 0.25) is 0 Å². The Kier molecular flexibility index (Phi) is 3.35. The van der Waals surface area contributed by atoms with Crippen LogP contribution in [-0.4, -0.2) is 25.1 Å². The summed E-state index contributed by atoms with van der Waals surface area (Å²) < 4.78 is 3.64. The van der Waals surface area contributed by atoms with Gasteiger partial charge in [-0.2, -0.15) is 5.10 Å². The molecule has 1 amide bonds. The van der Waals surface area contributed by atoms with Gasteiger partial charge < -0.3 is 9.88 Å². The van der Waals surface area contributed by atoms with E-state index in [1.165, 1.54) is 0 Å². The predicted molar refractivity (Wildman–Crippen MR) is 91.4 cm³/mol. The summed E-state index contributed by atoms with van der Waals surface area (Å²) in [5, 5.41) is 7.12. The maximum Gasteiger partial charge on any atom is 0.255 e. The molecule has 1 aromatic carbocycles. The van der Waals surface area contributed by atoms with Crippen LogP contribution in [-0.2, 0) is 0 Å². The molecule has 4 aromatic rings. The fourth-order valence-electron chi connectivity index (χ4n) is 2.56. The Labute approximate surface area is 138 Å². The van der Waals surface area contributed by atoms with Crippen molar-refractivity contribution in [2.45, 2.75) is 6.92 Å². The number of carbonyl (C=O) groups excluding carboxylic acids is 1. The number of benzene rings is 1. The zero-order valence-electron chi connectivity index (χ0n) is 13.0. The topological polar surface area (TPSA) is 64.2 Å². The SMILES string of the molecule is Cc1nc2ccc(NC(=O)c3ccc(-n4cccc4)cc3)cn2n1. The lowest BCUT2D eigenvalue weighted by atomic mass is 10.2. The minimum absolute atomic E-state index is 0.162. The normalized spacial score (nSPS) is 10.9. The van der Waals surface area contributed by atoms with Crippen LogP contribution in [0.25, 0.3) is 11.3 Å². The quantitative estimate of drug-likeness (QED) is 0.631. The lowest BCUT2D eigenvalue weighted by molar-refractivity contribution is 0.102. The van der Waals surface area contributed by atoms with Crippen LogP contribution >= 0.6 is 0 Å². The predicted octanol–water partition coefficient (Wildman–Crippen LogP) is 3.08. The molecule has 6 heteroatoms. The molecule has 0 radical (unpaired) electrons. The fourth-order valence-corrected chi connectivity index (χ4v) is 2.56. The van der Waals surface area contributed by atoms with Crippen LogP contribution in [0, 0.1) is 6.92 Å². The van der Waals surface area contributed by atoms with Crippen LogP contribution in [0.1, 0.15) is 16.2 Å². The average molecular weight is 317 g/mol. The molecule has 0 aliphatic rings. The standard InChI is InChI=1S/C18H15N5O/c1-13-19-17-9-6-15(12-23(17)21-13)20-18(24)14-4-7-16(8-5-14)22-10-2-3-11-22/h2-12H,1H3,(H,20,24). The van der Waals surface area contributed by atoms with Crippen LogP contribution in [0.4, 0.5) is 5.69 Å². The van der Waals surface area contributed by atoms with Crippen LogP contribution < -0.4 is 5.32 Å². The van der Waals surface area contributed by atoms with Gasteiger partial charge in [-0.25, -0.2) is 9.50 Å². The van der Waals surface area contributed by atoms with Gasteiger partial charge in [0.1, 0.15) is 5.82 Å². The van der Waals surface area contributed by atoms with Gasteiger partial charge in [0.05, 0.1) is 11.9 Å². The highest BCUT2D eigenvalue weighted by Crippen LogP contribution is 2.14. The van der Waals surface area contributed by atoms with Crippen LogP contribution in [0.3, 0.4) is 0 Å². The molecule has 118 valence electrons. The van der Waals surface area contributed by atoms with Gasteiger partial charge in [0.15, 0.2) is 5.65 Å². The van der Waals surface area contributed by atoms with Crippen molar-refractivity contribution in [2.24, 2.45) is 0 Å². The Morgan fingerprint density at radius 2 is 1.79 bits per heavy atom. The first-order chi connectivity index (χ1) is 11.7. The molecule has 4 rings (SSSR count). The Hall–Kier alpha value is -3.41. The van der Waals surface area contributed by atoms with Crippen molar-refractivity contribution in [3.8, 4) is 5.69 Å². The van der Waals surface area contributed by atoms with Crippen LogP contribution in [0.15, 0.2) is 67.1 Å². The number of nitrogens with one attached hydrogen (secondary N) is 1. The molecular formula is C18H15N5O. The van der Waals surface area contributed by atoms with E-state index in [1.807, 2.05) is 72.4 Å². The first kappa shape index (κ1) is 14.2. The van der Waals surface area contributed by atoms with E-state index in [2.05, 4.69) is 15.4 Å². The van der Waals surface area contributed by atoms with Crippen molar-refractivity contribution in [1.29, 1.82) is 0 Å². The minimum atomic E-state index is -0.162. The van der Waals surface area contributed by atoms with E-state index in [9.17, 15) is 4.79 Å². The van der Waals surface area contributed by atoms with E-state index in [0.717, 1.165) is 11.3 Å². The maximum atomic E-state index is 12.4. The molecule has 0 aliphatic carbocycles. The molecule has 0 unspecified atom stereocenters. The number of anilines is 1. The smallest absolute Gasteiger partial charge is 0.255 e. The summed E-state index contributed by atoms with van der Waals surface area (Å²) in [5.74, 6) is 0.532. The number of aryl methyl sites for hydroxylation is 1. The van der Waals surface area contributed by atoms with E-state index in [0.29, 0.717) is 17.1 Å². The largest absolute Gasteiger partial charge is 0.324 e. The summed E-state index contributed by atoms with van der Waals surface area (Å²) >= 11 is 0. The highest BCUT2D eigenvalue weighted by atomic mass is 16.1. The number of nitrogens with zero attached hydrogens (tertiary/aromatic N) is 4. The molecule has 0 saturated carbocycles. The van der Waals surface area contributed by atoms with Crippen LogP contribution in [0.2, 0.25) is 0 Å². The molecule has 0 bridgehead atoms. The number of carbonyl (C=O) groups is 1. The van der Waals surface area contributed by atoms with Crippen molar-refractivity contribution in [2.75, 3.05) is 5.32 Å². The molecule has 0 fully saturated rings. The molecule has 0 spiro atoms. The van der Waals surface area contributed by atoms with Gasteiger partial charge in [-0.3, -0.25) is 4.79 Å². The third kappa shape index (κ3) is 2.65. The zero-order chi connectivity index (χ0) is 16.5. The third-order valence-electron chi connectivity index (χ3n) is 3.73. The first-order valence-corrected chi connectivity index (χ1v) is 7.57. The third-order valence-corrected chi connectivity index (χ3v) is 3.73. The number of hydrogen-bond donors (Lipinski definition) is 1. The summed E-state index contributed by atoms with van der Waals surface area (Å²) in [6.07, 6.45) is 5.68. The minimum Gasteiger partial charge on any atom is -0.324 e. The zero-order valence-corrected chi connectivity index (χ0v) is 13.0. The van der Waals surface area contributed by atoms with Gasteiger partial charge in [-0.15, -0.1) is 0 Å². The summed E-state index contributed by atoms with van der Waals surface area (Å²) in [4.78, 5) is 16.7. The van der Waals surface area contributed by atoms with E-state index < -0.39 is 0 Å². The molecular weight excluding hydrogens is 302 g/mol. The lowest BCUT2D eigenvalue weighted by Gasteiger charge is -2.07. The second kappa shape index (κ2) is 5.66. The summed E-state index contributed by atoms with van der Waals surface area (Å²) in [6.45, 7) is 1.83. The Bertz CT molecular complexity index is 1000. The molecule has 0 saturated heterocycles. The van der Waals surface area contributed by atoms with Crippen molar-refractivity contribution in [3.05, 3.63) is 78.5 Å². The van der Waals surface area contributed by atoms with Gasteiger partial charge in [-0.1, -0.05) is 0 Å². The molecule has 1 N–H and O–H groups in total. The molecule has 6 nitrogen and oxygen atoms in total. The molecule has 3 heterocycles. The van der Waals surface area contributed by atoms with Crippen molar-refractivity contribution in [1.82, 2.24) is 19.2 Å². The highest BCUT2D eigenvalue weighted by Gasteiger charge is 2.08. The molecule has 3 aromatic heterocycles. The number of fused-ring (bicyclic) bond motifs is 1. The molecule has 0 atom stereocenters. The number of hydrogen-bond acceptors (Lipinski definition) is 3. The maximum absolute atomic E-state index is 12.4. The first-order valence-electron chi connectivity index (χ1n) is 7.57. The van der Waals surface area contributed by atoms with Crippen LogP contribution in [0.5, 0.6) is 0 Å². The van der Waals surface area contributed by atoms with Gasteiger partial charge >= 0.3 is 0 Å². The van der Waals surface area contributed by atoms with E-state index in [1.54, 1.807) is 10.7 Å². The molecule has 0 aliphatic heterocycles. The van der Waals surface area contributed by atoms with Crippen molar-refractivity contribution >= 4 is 17.2 Å². The molecule has 24 heavy (non-hydrogen) atoms. The Balaban J connectivity index is 1.54. The Morgan fingerprint density at radius 1 is 1.04 bits per heavy atom. The van der Waals surface area contributed by atoms with Gasteiger partial charge in [-0.05, 0) is 55.5 Å². The van der Waals surface area contributed by atoms with Crippen molar-refractivity contribution in [3.63, 3.8) is 0 Å². The summed E-state index contributed by atoms with van der Waals surface area (Å²) in [7, 11) is 0. The Morgan fingerprint density at radius 3 is 2.54 bits per heavy atom. The second-order valence-corrected chi connectivity index (χ2v) is 5.47. The van der Waals surface area contributed by atoms with Gasteiger partial charge in [0, 0.05) is 23.6 Å². The summed E-state index contributed by atoms with van der Waals surface area (Å²) in [5.41, 5.74) is 3.03. The summed E-state index contributed by atoms with van der Waals surface area (Å²) in [6, 6.07) is 15.0. The number of pyridine rings is 1. The highest BCUT2D eigenvalue weighted by molar-refractivity contribution is 6.04.